The van der Waals surface area contributed by atoms with E-state index in [0.717, 1.165) is 5.75 Å². The van der Waals surface area contributed by atoms with Crippen LogP contribution >= 0.6 is 15.9 Å². The summed E-state index contributed by atoms with van der Waals surface area (Å²) in [5.74, 6) is 1.41. The number of halogens is 1. The van der Waals surface area contributed by atoms with Gasteiger partial charge in [-0.1, -0.05) is 29.8 Å². The predicted molar refractivity (Wildman–Crippen MR) is 64.9 cm³/mol. The van der Waals surface area contributed by atoms with Gasteiger partial charge in [0.2, 0.25) is 0 Å². The quantitative estimate of drug-likeness (QED) is 0.606. The lowest BCUT2D eigenvalue weighted by molar-refractivity contribution is 0.102. The average Bonchev–Trinajstić information content (AvgIpc) is 2.26. The SMILES string of the molecule is CC(C)COc1ccc(C(=O)CBr)cc1. The molecule has 1 rings (SSSR count). The van der Waals surface area contributed by atoms with Crippen LogP contribution in [0.1, 0.15) is 24.2 Å². The van der Waals surface area contributed by atoms with E-state index in [-0.39, 0.29) is 5.78 Å². The second-order valence-corrected chi connectivity index (χ2v) is 4.35. The summed E-state index contributed by atoms with van der Waals surface area (Å²) < 4.78 is 5.51. The fraction of sp³-hybridized carbons (Fsp3) is 0.417. The highest BCUT2D eigenvalue weighted by Gasteiger charge is 2.03. The Balaban J connectivity index is 2.60. The Morgan fingerprint density at radius 3 is 2.40 bits per heavy atom. The maximum atomic E-state index is 11.3. The third-order valence-corrected chi connectivity index (χ3v) is 2.39. The highest BCUT2D eigenvalue weighted by molar-refractivity contribution is 9.09. The Bertz CT molecular complexity index is 317. The molecule has 0 N–H and O–H groups in total. The van der Waals surface area contributed by atoms with E-state index in [4.69, 9.17) is 4.74 Å². The second kappa shape index (κ2) is 5.91. The van der Waals surface area contributed by atoms with Gasteiger partial charge in [0.1, 0.15) is 5.75 Å². The Morgan fingerprint density at radius 2 is 1.93 bits per heavy atom. The second-order valence-electron chi connectivity index (χ2n) is 3.79. The number of hydrogen-bond donors (Lipinski definition) is 0. The van der Waals surface area contributed by atoms with Crippen LogP contribution in [-0.4, -0.2) is 17.7 Å². The highest BCUT2D eigenvalue weighted by Crippen LogP contribution is 2.14. The first-order chi connectivity index (χ1) is 7.13. The van der Waals surface area contributed by atoms with Gasteiger partial charge in [-0.05, 0) is 30.2 Å². The molecule has 0 unspecified atom stereocenters. The fourth-order valence-electron chi connectivity index (χ4n) is 1.08. The molecular weight excluding hydrogens is 256 g/mol. The first kappa shape index (κ1) is 12.2. The van der Waals surface area contributed by atoms with Crippen molar-refractivity contribution in [2.45, 2.75) is 13.8 Å². The van der Waals surface area contributed by atoms with Gasteiger partial charge in [0.15, 0.2) is 5.78 Å². The fourth-order valence-corrected chi connectivity index (χ4v) is 1.40. The number of ketones is 1. The number of ether oxygens (including phenoxy) is 1. The standard InChI is InChI=1S/C12H15BrO2/c1-9(2)8-15-11-5-3-10(4-6-11)12(14)7-13/h3-6,9H,7-8H2,1-2H3. The summed E-state index contributed by atoms with van der Waals surface area (Å²) >= 11 is 3.14. The zero-order chi connectivity index (χ0) is 11.3. The van der Waals surface area contributed by atoms with Crippen molar-refractivity contribution >= 4 is 21.7 Å². The lowest BCUT2D eigenvalue weighted by Gasteiger charge is -2.08. The van der Waals surface area contributed by atoms with Crippen LogP contribution in [0.2, 0.25) is 0 Å². The van der Waals surface area contributed by atoms with E-state index in [1.807, 2.05) is 12.1 Å². The van der Waals surface area contributed by atoms with Gasteiger partial charge >= 0.3 is 0 Å². The van der Waals surface area contributed by atoms with E-state index in [1.54, 1.807) is 12.1 Å². The van der Waals surface area contributed by atoms with E-state index >= 15 is 0 Å². The Labute approximate surface area is 98.8 Å². The molecule has 15 heavy (non-hydrogen) atoms. The van der Waals surface area contributed by atoms with E-state index in [0.29, 0.717) is 23.4 Å². The summed E-state index contributed by atoms with van der Waals surface area (Å²) in [5, 5.41) is 0.360. The summed E-state index contributed by atoms with van der Waals surface area (Å²) in [6.07, 6.45) is 0. The summed E-state index contributed by atoms with van der Waals surface area (Å²) in [5.41, 5.74) is 0.712. The summed E-state index contributed by atoms with van der Waals surface area (Å²) in [6.45, 7) is 4.90. The molecular formula is C12H15BrO2. The van der Waals surface area contributed by atoms with Crippen LogP contribution in [0.3, 0.4) is 0 Å². The monoisotopic (exact) mass is 270 g/mol. The lowest BCUT2D eigenvalue weighted by Crippen LogP contribution is -2.05. The molecule has 0 radical (unpaired) electrons. The Kier molecular flexibility index (Phi) is 4.82. The molecule has 0 atom stereocenters. The molecule has 1 aromatic rings. The minimum Gasteiger partial charge on any atom is -0.493 e. The molecule has 0 bridgehead atoms. The molecule has 0 saturated heterocycles. The van der Waals surface area contributed by atoms with Crippen LogP contribution in [0, 0.1) is 5.92 Å². The maximum Gasteiger partial charge on any atom is 0.173 e. The van der Waals surface area contributed by atoms with Crippen molar-refractivity contribution in [2.24, 2.45) is 5.92 Å². The van der Waals surface area contributed by atoms with E-state index in [1.165, 1.54) is 0 Å². The van der Waals surface area contributed by atoms with Crippen LogP contribution in [0.15, 0.2) is 24.3 Å². The number of carbonyl (C=O) groups excluding carboxylic acids is 1. The van der Waals surface area contributed by atoms with Gasteiger partial charge in [-0.2, -0.15) is 0 Å². The summed E-state index contributed by atoms with van der Waals surface area (Å²) in [6, 6.07) is 7.25. The van der Waals surface area contributed by atoms with E-state index < -0.39 is 0 Å². The van der Waals surface area contributed by atoms with Gasteiger partial charge in [-0.15, -0.1) is 0 Å². The number of alkyl halides is 1. The van der Waals surface area contributed by atoms with Crippen molar-refractivity contribution < 1.29 is 9.53 Å². The molecule has 0 fully saturated rings. The van der Waals surface area contributed by atoms with Gasteiger partial charge in [0.05, 0.1) is 11.9 Å². The van der Waals surface area contributed by atoms with Crippen LogP contribution in [0.4, 0.5) is 0 Å². The molecule has 0 saturated carbocycles. The zero-order valence-electron chi connectivity index (χ0n) is 9.00. The number of rotatable bonds is 5. The molecule has 0 aliphatic rings. The molecule has 0 spiro atoms. The first-order valence-electron chi connectivity index (χ1n) is 4.95. The highest BCUT2D eigenvalue weighted by atomic mass is 79.9. The lowest BCUT2D eigenvalue weighted by atomic mass is 10.1. The van der Waals surface area contributed by atoms with Gasteiger partial charge in [-0.3, -0.25) is 4.79 Å². The van der Waals surface area contributed by atoms with Crippen LogP contribution < -0.4 is 4.74 Å². The normalized spacial score (nSPS) is 10.4. The van der Waals surface area contributed by atoms with Crippen LogP contribution in [0.5, 0.6) is 5.75 Å². The summed E-state index contributed by atoms with van der Waals surface area (Å²) in [4.78, 5) is 11.3. The molecule has 82 valence electrons. The minimum absolute atomic E-state index is 0.0883. The number of Topliss-reactive ketones (excluding diaryl/α,β-unsaturated/α-hetero) is 1. The van der Waals surface area contributed by atoms with Crippen molar-refractivity contribution in [1.82, 2.24) is 0 Å². The van der Waals surface area contributed by atoms with Crippen molar-refractivity contribution in [3.8, 4) is 5.75 Å². The van der Waals surface area contributed by atoms with Gasteiger partial charge < -0.3 is 4.74 Å². The number of benzene rings is 1. The topological polar surface area (TPSA) is 26.3 Å². The molecule has 0 amide bonds. The van der Waals surface area contributed by atoms with E-state index in [9.17, 15) is 4.79 Å². The number of hydrogen-bond acceptors (Lipinski definition) is 2. The third kappa shape index (κ3) is 4.04. The molecule has 2 nitrogen and oxygen atoms in total. The van der Waals surface area contributed by atoms with Gasteiger partial charge in [-0.25, -0.2) is 0 Å². The van der Waals surface area contributed by atoms with Crippen molar-refractivity contribution in [1.29, 1.82) is 0 Å². The predicted octanol–water partition coefficient (Wildman–Crippen LogP) is 3.30. The third-order valence-electron chi connectivity index (χ3n) is 1.88. The van der Waals surface area contributed by atoms with E-state index in [2.05, 4.69) is 29.8 Å². The minimum atomic E-state index is 0.0883. The zero-order valence-corrected chi connectivity index (χ0v) is 10.6. The van der Waals surface area contributed by atoms with Crippen molar-refractivity contribution in [3.05, 3.63) is 29.8 Å². The largest absolute Gasteiger partial charge is 0.493 e. The van der Waals surface area contributed by atoms with Crippen LogP contribution in [0.25, 0.3) is 0 Å². The van der Waals surface area contributed by atoms with Crippen molar-refractivity contribution in [2.75, 3.05) is 11.9 Å². The smallest absolute Gasteiger partial charge is 0.173 e. The molecule has 0 aliphatic heterocycles. The maximum absolute atomic E-state index is 11.3. The van der Waals surface area contributed by atoms with Gasteiger partial charge in [0, 0.05) is 5.56 Å². The molecule has 3 heteroatoms. The Morgan fingerprint density at radius 1 is 1.33 bits per heavy atom. The summed E-state index contributed by atoms with van der Waals surface area (Å²) in [7, 11) is 0. The molecule has 0 aromatic heterocycles. The molecule has 0 heterocycles. The van der Waals surface area contributed by atoms with Crippen molar-refractivity contribution in [3.63, 3.8) is 0 Å². The van der Waals surface area contributed by atoms with Gasteiger partial charge in [0.25, 0.3) is 0 Å². The number of carbonyl (C=O) groups is 1. The first-order valence-corrected chi connectivity index (χ1v) is 6.07. The molecule has 0 aliphatic carbocycles. The average molecular weight is 271 g/mol. The molecule has 1 aromatic carbocycles. The van der Waals surface area contributed by atoms with Crippen LogP contribution in [-0.2, 0) is 0 Å². The Hall–Kier alpha value is -0.830.